The summed E-state index contributed by atoms with van der Waals surface area (Å²) in [5.74, 6) is 1.81. The number of aryl methyl sites for hydroxylation is 1. The summed E-state index contributed by atoms with van der Waals surface area (Å²) in [5, 5.41) is 8.02. The maximum absolute atomic E-state index is 13.3. The molecule has 7 heteroatoms. The van der Waals surface area contributed by atoms with Crippen LogP contribution in [0.15, 0.2) is 88.4 Å². The molecule has 1 amide bonds. The first-order valence-electron chi connectivity index (χ1n) is 11.4. The standard InChI is InChI=1S/C28H24ClN3O3/c1-18-26-22(32-31-20-9-4-2-5-10-20)13-8-14-25(26)35-27(18)28(33)30-23-17-19(29)15-16-24(23)34-21-11-6-3-7-12-21/h2-7,9-12,15-17,31H,8,13-14H2,1H3,(H,30,33)/b32-22+. The Morgan fingerprint density at radius 3 is 2.51 bits per heavy atom. The molecule has 176 valence electrons. The number of fused-ring (bicyclic) bond motifs is 1. The van der Waals surface area contributed by atoms with E-state index >= 15 is 0 Å². The Balaban J connectivity index is 1.41. The molecule has 0 unspecified atom stereocenters. The molecule has 2 N–H and O–H groups in total. The van der Waals surface area contributed by atoms with Crippen molar-refractivity contribution >= 4 is 34.6 Å². The van der Waals surface area contributed by atoms with Gasteiger partial charge in [0.2, 0.25) is 0 Å². The van der Waals surface area contributed by atoms with Gasteiger partial charge in [0.15, 0.2) is 11.5 Å². The van der Waals surface area contributed by atoms with Crippen LogP contribution >= 0.6 is 11.6 Å². The molecular formula is C28H24ClN3O3. The van der Waals surface area contributed by atoms with E-state index in [1.165, 1.54) is 0 Å². The van der Waals surface area contributed by atoms with E-state index in [4.69, 9.17) is 20.8 Å². The highest BCUT2D eigenvalue weighted by Gasteiger charge is 2.28. The lowest BCUT2D eigenvalue weighted by molar-refractivity contribution is 0.0993. The first-order chi connectivity index (χ1) is 17.1. The molecule has 0 atom stereocenters. The number of para-hydroxylation sites is 2. The van der Waals surface area contributed by atoms with E-state index in [1.54, 1.807) is 18.2 Å². The number of anilines is 2. The normalized spacial score (nSPS) is 13.8. The molecule has 0 bridgehead atoms. The number of hydrogen-bond donors (Lipinski definition) is 2. The first-order valence-corrected chi connectivity index (χ1v) is 11.8. The molecule has 35 heavy (non-hydrogen) atoms. The van der Waals surface area contributed by atoms with Gasteiger partial charge >= 0.3 is 0 Å². The van der Waals surface area contributed by atoms with Crippen LogP contribution in [0.1, 0.15) is 40.3 Å². The largest absolute Gasteiger partial charge is 0.455 e. The number of nitrogens with one attached hydrogen (secondary N) is 2. The van der Waals surface area contributed by atoms with Crippen molar-refractivity contribution in [3.05, 3.63) is 107 Å². The van der Waals surface area contributed by atoms with Crippen molar-refractivity contribution in [3.63, 3.8) is 0 Å². The highest BCUT2D eigenvalue weighted by Crippen LogP contribution is 2.34. The average molecular weight is 486 g/mol. The number of hydrazone groups is 1. The summed E-state index contributed by atoms with van der Waals surface area (Å²) in [6.07, 6.45) is 2.46. The number of hydrogen-bond acceptors (Lipinski definition) is 5. The van der Waals surface area contributed by atoms with Crippen molar-refractivity contribution in [2.45, 2.75) is 26.2 Å². The zero-order valence-corrected chi connectivity index (χ0v) is 19.9. The number of carbonyl (C=O) groups is 1. The molecule has 1 aliphatic carbocycles. The zero-order chi connectivity index (χ0) is 24.2. The third kappa shape index (κ3) is 5.08. The van der Waals surface area contributed by atoms with Crippen molar-refractivity contribution in [1.29, 1.82) is 0 Å². The predicted molar refractivity (Wildman–Crippen MR) is 139 cm³/mol. The molecule has 0 aliphatic heterocycles. The van der Waals surface area contributed by atoms with E-state index in [0.717, 1.165) is 47.5 Å². The summed E-state index contributed by atoms with van der Waals surface area (Å²) < 4.78 is 12.0. The van der Waals surface area contributed by atoms with Gasteiger partial charge in [-0.15, -0.1) is 0 Å². The third-order valence-corrected chi connectivity index (χ3v) is 6.02. The van der Waals surface area contributed by atoms with Gasteiger partial charge in [-0.25, -0.2) is 0 Å². The van der Waals surface area contributed by atoms with E-state index in [-0.39, 0.29) is 11.7 Å². The molecule has 0 saturated carbocycles. The monoisotopic (exact) mass is 485 g/mol. The second kappa shape index (κ2) is 10.1. The molecular weight excluding hydrogens is 462 g/mol. The second-order valence-electron chi connectivity index (χ2n) is 8.25. The Kier molecular flexibility index (Phi) is 6.55. The van der Waals surface area contributed by atoms with E-state index in [9.17, 15) is 4.79 Å². The fourth-order valence-electron chi connectivity index (χ4n) is 4.12. The minimum absolute atomic E-state index is 0.259. The highest BCUT2D eigenvalue weighted by molar-refractivity contribution is 6.31. The van der Waals surface area contributed by atoms with Crippen LogP contribution in [0, 0.1) is 6.92 Å². The number of rotatable bonds is 6. The van der Waals surface area contributed by atoms with Crippen LogP contribution in [0.3, 0.4) is 0 Å². The van der Waals surface area contributed by atoms with Crippen molar-refractivity contribution < 1.29 is 13.9 Å². The van der Waals surface area contributed by atoms with Crippen molar-refractivity contribution in [2.24, 2.45) is 5.10 Å². The van der Waals surface area contributed by atoms with Gasteiger partial charge in [-0.2, -0.15) is 5.10 Å². The molecule has 1 aromatic heterocycles. The third-order valence-electron chi connectivity index (χ3n) is 5.79. The maximum Gasteiger partial charge on any atom is 0.291 e. The molecule has 0 saturated heterocycles. The lowest BCUT2D eigenvalue weighted by Crippen LogP contribution is -2.15. The SMILES string of the molecule is Cc1c(C(=O)Nc2cc(Cl)ccc2Oc2ccccc2)oc2c1/C(=N/Nc1ccccc1)CCC2. The van der Waals surface area contributed by atoms with E-state index in [1.807, 2.05) is 67.6 Å². The molecule has 3 aromatic carbocycles. The minimum Gasteiger partial charge on any atom is -0.455 e. The summed E-state index contributed by atoms with van der Waals surface area (Å²) in [6, 6.07) is 24.2. The van der Waals surface area contributed by atoms with Gasteiger partial charge in [0, 0.05) is 22.6 Å². The van der Waals surface area contributed by atoms with Crippen LogP contribution in [-0.4, -0.2) is 11.6 Å². The Morgan fingerprint density at radius 2 is 1.74 bits per heavy atom. The number of ether oxygens (including phenoxy) is 1. The number of amides is 1. The smallest absolute Gasteiger partial charge is 0.291 e. The van der Waals surface area contributed by atoms with Crippen LogP contribution in [0.2, 0.25) is 5.02 Å². The number of nitrogens with zero attached hydrogens (tertiary/aromatic N) is 1. The number of furan rings is 1. The fourth-order valence-corrected chi connectivity index (χ4v) is 4.30. The van der Waals surface area contributed by atoms with E-state index < -0.39 is 0 Å². The van der Waals surface area contributed by atoms with Crippen LogP contribution in [0.5, 0.6) is 11.5 Å². The van der Waals surface area contributed by atoms with Crippen molar-refractivity contribution in [1.82, 2.24) is 0 Å². The number of benzene rings is 3. The maximum atomic E-state index is 13.3. The van der Waals surface area contributed by atoms with Gasteiger partial charge in [0.25, 0.3) is 5.91 Å². The molecule has 0 fully saturated rings. The van der Waals surface area contributed by atoms with Gasteiger partial charge < -0.3 is 14.5 Å². The minimum atomic E-state index is -0.368. The van der Waals surface area contributed by atoms with Gasteiger partial charge in [-0.1, -0.05) is 48.0 Å². The summed E-state index contributed by atoms with van der Waals surface area (Å²) in [5.41, 5.74) is 7.01. The Bertz CT molecular complexity index is 1380. The molecule has 1 heterocycles. The first kappa shape index (κ1) is 22.7. The van der Waals surface area contributed by atoms with Gasteiger partial charge in [-0.3, -0.25) is 10.2 Å². The molecule has 4 aromatic rings. The van der Waals surface area contributed by atoms with Crippen LogP contribution in [-0.2, 0) is 6.42 Å². The van der Waals surface area contributed by atoms with Gasteiger partial charge in [0.05, 0.1) is 17.1 Å². The predicted octanol–water partition coefficient (Wildman–Crippen LogP) is 7.44. The van der Waals surface area contributed by atoms with Crippen molar-refractivity contribution in [2.75, 3.05) is 10.7 Å². The highest BCUT2D eigenvalue weighted by atomic mass is 35.5. The lowest BCUT2D eigenvalue weighted by Gasteiger charge is -2.13. The molecule has 1 aliphatic rings. The Hall–Kier alpha value is -4.03. The van der Waals surface area contributed by atoms with Crippen LogP contribution in [0.4, 0.5) is 11.4 Å². The van der Waals surface area contributed by atoms with Crippen molar-refractivity contribution in [3.8, 4) is 11.5 Å². The summed E-state index contributed by atoms with van der Waals surface area (Å²) >= 11 is 6.21. The van der Waals surface area contributed by atoms with Gasteiger partial charge in [0.1, 0.15) is 11.5 Å². The summed E-state index contributed by atoms with van der Waals surface area (Å²) in [6.45, 7) is 1.89. The summed E-state index contributed by atoms with van der Waals surface area (Å²) in [7, 11) is 0. The molecule has 0 radical (unpaired) electrons. The van der Waals surface area contributed by atoms with Gasteiger partial charge in [-0.05, 0) is 62.2 Å². The lowest BCUT2D eigenvalue weighted by atomic mass is 9.93. The van der Waals surface area contributed by atoms with E-state index in [2.05, 4.69) is 15.8 Å². The fraction of sp³-hybridized carbons (Fsp3) is 0.143. The average Bonchev–Trinajstić information content (AvgIpc) is 3.23. The van der Waals surface area contributed by atoms with Crippen LogP contribution in [0.25, 0.3) is 0 Å². The second-order valence-corrected chi connectivity index (χ2v) is 8.69. The summed E-state index contributed by atoms with van der Waals surface area (Å²) in [4.78, 5) is 13.3. The molecule has 5 rings (SSSR count). The van der Waals surface area contributed by atoms with E-state index in [0.29, 0.717) is 22.2 Å². The zero-order valence-electron chi connectivity index (χ0n) is 19.2. The molecule has 0 spiro atoms. The number of halogens is 1. The Labute approximate surface area is 208 Å². The molecule has 6 nitrogen and oxygen atoms in total. The number of carbonyl (C=O) groups excluding carboxylic acids is 1. The van der Waals surface area contributed by atoms with Crippen LogP contribution < -0.4 is 15.5 Å². The topological polar surface area (TPSA) is 75.9 Å². The Morgan fingerprint density at radius 1 is 1.00 bits per heavy atom. The quantitative estimate of drug-likeness (QED) is 0.278.